The van der Waals surface area contributed by atoms with Gasteiger partial charge in [0.25, 0.3) is 0 Å². The van der Waals surface area contributed by atoms with Crippen molar-refractivity contribution in [3.8, 4) is 0 Å². The zero-order valence-electron chi connectivity index (χ0n) is 11.3. The summed E-state index contributed by atoms with van der Waals surface area (Å²) in [5.74, 6) is 0.764. The highest BCUT2D eigenvalue weighted by Gasteiger charge is 2.26. The number of anilines is 1. The zero-order valence-corrected chi connectivity index (χ0v) is 12.1. The third kappa shape index (κ3) is 3.40. The Morgan fingerprint density at radius 3 is 2.89 bits per heavy atom. The minimum atomic E-state index is -0.0359. The van der Waals surface area contributed by atoms with Crippen molar-refractivity contribution < 1.29 is 4.74 Å². The fraction of sp³-hybridized carbons (Fsp3) is 0.833. The van der Waals surface area contributed by atoms with E-state index in [9.17, 15) is 0 Å². The number of methoxy groups -OCH3 is 1. The molecule has 0 aliphatic carbocycles. The summed E-state index contributed by atoms with van der Waals surface area (Å²) in [6.07, 6.45) is 2.38. The largest absolute Gasteiger partial charge is 0.374 e. The summed E-state index contributed by atoms with van der Waals surface area (Å²) < 4.78 is 9.51. The van der Waals surface area contributed by atoms with E-state index in [4.69, 9.17) is 4.74 Å². The molecule has 102 valence electrons. The third-order valence-electron chi connectivity index (χ3n) is 3.64. The molecule has 1 fully saturated rings. The molecular weight excluding hydrogens is 248 g/mol. The fourth-order valence-corrected chi connectivity index (χ4v) is 2.71. The topological polar surface area (TPSA) is 59.1 Å². The second-order valence-electron chi connectivity index (χ2n) is 5.25. The Morgan fingerprint density at radius 2 is 2.22 bits per heavy atom. The average molecular weight is 270 g/mol. The van der Waals surface area contributed by atoms with Crippen LogP contribution in [0.4, 0.5) is 5.13 Å². The van der Waals surface area contributed by atoms with E-state index in [2.05, 4.69) is 26.9 Å². The first-order valence-corrected chi connectivity index (χ1v) is 7.21. The monoisotopic (exact) mass is 270 g/mol. The molecule has 1 aromatic heterocycles. The molecule has 1 aliphatic heterocycles. The number of ether oxygens (including phenoxy) is 1. The number of hydrogen-bond donors (Lipinski definition) is 2. The van der Waals surface area contributed by atoms with Crippen LogP contribution in [0.15, 0.2) is 0 Å². The van der Waals surface area contributed by atoms with Gasteiger partial charge in [-0.3, -0.25) is 0 Å². The van der Waals surface area contributed by atoms with Crippen molar-refractivity contribution >= 4 is 16.7 Å². The maximum atomic E-state index is 5.21. The van der Waals surface area contributed by atoms with Crippen molar-refractivity contribution in [1.29, 1.82) is 0 Å². The van der Waals surface area contributed by atoms with Gasteiger partial charge < -0.3 is 15.4 Å². The van der Waals surface area contributed by atoms with Crippen molar-refractivity contribution in [2.45, 2.75) is 32.8 Å². The fourth-order valence-electron chi connectivity index (χ4n) is 2.07. The standard InChI is InChI=1S/C12H22N4OS/c1-9(17-3)10-15-11(18-16-10)14-8-12(2)4-6-13-7-5-12/h9,13H,4-8H2,1-3H3,(H,14,15,16). The van der Waals surface area contributed by atoms with E-state index >= 15 is 0 Å². The number of rotatable bonds is 5. The van der Waals surface area contributed by atoms with Crippen LogP contribution in [-0.4, -0.2) is 36.1 Å². The lowest BCUT2D eigenvalue weighted by Crippen LogP contribution is -2.39. The smallest absolute Gasteiger partial charge is 0.202 e. The Kier molecular flexibility index (Phi) is 4.53. The second kappa shape index (κ2) is 5.95. The summed E-state index contributed by atoms with van der Waals surface area (Å²) in [5, 5.41) is 7.71. The van der Waals surface area contributed by atoms with Gasteiger partial charge in [0.05, 0.1) is 0 Å². The van der Waals surface area contributed by atoms with Gasteiger partial charge in [-0.2, -0.15) is 4.37 Å². The van der Waals surface area contributed by atoms with Gasteiger partial charge in [-0.1, -0.05) is 6.92 Å². The quantitative estimate of drug-likeness (QED) is 0.857. The van der Waals surface area contributed by atoms with Gasteiger partial charge in [0.2, 0.25) is 5.13 Å². The van der Waals surface area contributed by atoms with Crippen LogP contribution in [0.2, 0.25) is 0 Å². The summed E-state index contributed by atoms with van der Waals surface area (Å²) in [4.78, 5) is 4.45. The Bertz CT molecular complexity index is 376. The molecule has 1 aliphatic rings. The summed E-state index contributed by atoms with van der Waals surface area (Å²) in [6.45, 7) is 7.48. The van der Waals surface area contributed by atoms with Crippen LogP contribution in [0.1, 0.15) is 38.6 Å². The van der Waals surface area contributed by atoms with Gasteiger partial charge in [0.15, 0.2) is 5.82 Å². The SMILES string of the molecule is COC(C)c1nsc(NCC2(C)CCNCC2)n1. The van der Waals surface area contributed by atoms with E-state index in [0.717, 1.165) is 30.6 Å². The second-order valence-corrected chi connectivity index (χ2v) is 6.00. The minimum absolute atomic E-state index is 0.0359. The molecule has 1 aromatic rings. The first-order valence-electron chi connectivity index (χ1n) is 6.44. The molecular formula is C12H22N4OS. The average Bonchev–Trinajstić information content (AvgIpc) is 2.85. The third-order valence-corrected chi connectivity index (χ3v) is 4.32. The Morgan fingerprint density at radius 1 is 1.50 bits per heavy atom. The van der Waals surface area contributed by atoms with Gasteiger partial charge in [0.1, 0.15) is 6.10 Å². The van der Waals surface area contributed by atoms with Gasteiger partial charge in [-0.15, -0.1) is 0 Å². The van der Waals surface area contributed by atoms with Crippen molar-refractivity contribution in [2.75, 3.05) is 32.1 Å². The predicted octanol–water partition coefficient (Wildman–Crippen LogP) is 2.05. The molecule has 1 unspecified atom stereocenters. The first-order chi connectivity index (χ1) is 8.63. The molecule has 5 nitrogen and oxygen atoms in total. The molecule has 0 saturated carbocycles. The van der Waals surface area contributed by atoms with Crippen LogP contribution >= 0.6 is 11.5 Å². The van der Waals surface area contributed by atoms with E-state index in [1.54, 1.807) is 7.11 Å². The number of hydrogen-bond acceptors (Lipinski definition) is 6. The minimum Gasteiger partial charge on any atom is -0.374 e. The molecule has 0 bridgehead atoms. The van der Waals surface area contributed by atoms with Crippen molar-refractivity contribution in [3.05, 3.63) is 5.82 Å². The molecule has 18 heavy (non-hydrogen) atoms. The number of piperidine rings is 1. The summed E-state index contributed by atoms with van der Waals surface area (Å²) >= 11 is 1.41. The van der Waals surface area contributed by atoms with Crippen LogP contribution in [0, 0.1) is 5.41 Å². The van der Waals surface area contributed by atoms with E-state index < -0.39 is 0 Å². The highest BCUT2D eigenvalue weighted by Crippen LogP contribution is 2.28. The van der Waals surface area contributed by atoms with Crippen molar-refractivity contribution in [1.82, 2.24) is 14.7 Å². The number of aromatic nitrogens is 2. The normalized spacial score (nSPS) is 20.6. The van der Waals surface area contributed by atoms with Crippen molar-refractivity contribution in [3.63, 3.8) is 0 Å². The molecule has 0 amide bonds. The van der Waals surface area contributed by atoms with Gasteiger partial charge >= 0.3 is 0 Å². The first kappa shape index (κ1) is 13.7. The predicted molar refractivity (Wildman–Crippen MR) is 74.0 cm³/mol. The lowest BCUT2D eigenvalue weighted by atomic mass is 9.81. The zero-order chi connectivity index (χ0) is 13.0. The summed E-state index contributed by atoms with van der Waals surface area (Å²) in [5.41, 5.74) is 0.365. The van der Waals surface area contributed by atoms with Crippen LogP contribution in [0.3, 0.4) is 0 Å². The summed E-state index contributed by atoms with van der Waals surface area (Å²) in [7, 11) is 1.68. The Labute approximate surface area is 113 Å². The molecule has 0 aromatic carbocycles. The molecule has 6 heteroatoms. The molecule has 2 rings (SSSR count). The number of nitrogens with one attached hydrogen (secondary N) is 2. The Balaban J connectivity index is 1.87. The molecule has 1 atom stereocenters. The maximum absolute atomic E-state index is 5.21. The highest BCUT2D eigenvalue weighted by molar-refractivity contribution is 7.09. The van der Waals surface area contributed by atoms with Crippen LogP contribution in [-0.2, 0) is 4.74 Å². The molecule has 0 radical (unpaired) electrons. The van der Waals surface area contributed by atoms with Crippen molar-refractivity contribution in [2.24, 2.45) is 5.41 Å². The Hall–Kier alpha value is -0.720. The van der Waals surface area contributed by atoms with Crippen LogP contribution in [0.25, 0.3) is 0 Å². The molecule has 2 heterocycles. The van der Waals surface area contributed by atoms with E-state index in [1.807, 2.05) is 6.92 Å². The van der Waals surface area contributed by atoms with E-state index in [0.29, 0.717) is 5.41 Å². The van der Waals surface area contributed by atoms with Gasteiger partial charge in [-0.25, -0.2) is 4.98 Å². The van der Waals surface area contributed by atoms with E-state index in [1.165, 1.54) is 24.4 Å². The van der Waals surface area contributed by atoms with Crippen LogP contribution in [0.5, 0.6) is 0 Å². The number of nitrogens with zero attached hydrogens (tertiary/aromatic N) is 2. The summed E-state index contributed by atoms with van der Waals surface area (Å²) in [6, 6.07) is 0. The molecule has 0 spiro atoms. The molecule has 1 saturated heterocycles. The lowest BCUT2D eigenvalue weighted by Gasteiger charge is -2.33. The van der Waals surface area contributed by atoms with Gasteiger partial charge in [-0.05, 0) is 38.3 Å². The maximum Gasteiger partial charge on any atom is 0.202 e. The van der Waals surface area contributed by atoms with Crippen LogP contribution < -0.4 is 10.6 Å². The van der Waals surface area contributed by atoms with Gasteiger partial charge in [0, 0.05) is 25.2 Å². The molecule has 2 N–H and O–H groups in total. The van der Waals surface area contributed by atoms with E-state index in [-0.39, 0.29) is 6.10 Å². The lowest BCUT2D eigenvalue weighted by molar-refractivity contribution is 0.113. The highest BCUT2D eigenvalue weighted by atomic mass is 32.1.